The van der Waals surface area contributed by atoms with E-state index in [1.165, 1.54) is 23.0 Å². The second-order valence-corrected chi connectivity index (χ2v) is 9.24. The number of ether oxygens (including phenoxy) is 3. The van der Waals surface area contributed by atoms with Crippen LogP contribution in [0.2, 0.25) is 0 Å². The van der Waals surface area contributed by atoms with Crippen molar-refractivity contribution < 1.29 is 24.1 Å². The summed E-state index contributed by atoms with van der Waals surface area (Å²) < 4.78 is 18.5. The molecular formula is C26H26N2O6S. The van der Waals surface area contributed by atoms with Crippen LogP contribution >= 0.6 is 11.3 Å². The summed E-state index contributed by atoms with van der Waals surface area (Å²) in [5.74, 6) is 0.633. The van der Waals surface area contributed by atoms with Gasteiger partial charge in [-0.1, -0.05) is 23.5 Å². The zero-order valence-corrected chi connectivity index (χ0v) is 20.9. The third-order valence-electron chi connectivity index (χ3n) is 5.51. The van der Waals surface area contributed by atoms with Gasteiger partial charge < -0.3 is 19.3 Å². The Morgan fingerprint density at radius 2 is 1.86 bits per heavy atom. The van der Waals surface area contributed by atoms with Crippen molar-refractivity contribution in [2.45, 2.75) is 32.9 Å². The van der Waals surface area contributed by atoms with E-state index in [0.29, 0.717) is 32.1 Å². The van der Waals surface area contributed by atoms with E-state index in [-0.39, 0.29) is 23.0 Å². The molecule has 3 aromatic rings. The number of rotatable bonds is 6. The van der Waals surface area contributed by atoms with E-state index in [1.54, 1.807) is 76.4 Å². The van der Waals surface area contributed by atoms with Crippen molar-refractivity contribution >= 4 is 23.4 Å². The maximum Gasteiger partial charge on any atom is 0.338 e. The summed E-state index contributed by atoms with van der Waals surface area (Å²) in [4.78, 5) is 32.0. The van der Waals surface area contributed by atoms with E-state index in [4.69, 9.17) is 14.2 Å². The lowest BCUT2D eigenvalue weighted by molar-refractivity contribution is -0.143. The Hall–Kier alpha value is -3.85. The molecule has 4 rings (SSSR count). The highest BCUT2D eigenvalue weighted by Gasteiger charge is 2.35. The second kappa shape index (κ2) is 9.79. The predicted molar refractivity (Wildman–Crippen MR) is 133 cm³/mol. The van der Waals surface area contributed by atoms with Crippen LogP contribution in [0.1, 0.15) is 37.9 Å². The average molecular weight is 495 g/mol. The van der Waals surface area contributed by atoms with Gasteiger partial charge in [-0.15, -0.1) is 0 Å². The summed E-state index contributed by atoms with van der Waals surface area (Å²) in [5, 5.41) is 9.57. The van der Waals surface area contributed by atoms with Gasteiger partial charge in [0.05, 0.1) is 36.1 Å². The number of esters is 1. The summed E-state index contributed by atoms with van der Waals surface area (Å²) in [6.45, 7) is 5.26. The lowest BCUT2D eigenvalue weighted by Crippen LogP contribution is -2.40. The zero-order chi connectivity index (χ0) is 25.3. The number of thiazole rings is 1. The second-order valence-electron chi connectivity index (χ2n) is 8.24. The smallest absolute Gasteiger partial charge is 0.338 e. The van der Waals surface area contributed by atoms with Gasteiger partial charge in [0.15, 0.2) is 4.80 Å². The highest BCUT2D eigenvalue weighted by Crippen LogP contribution is 2.38. The number of aromatic nitrogens is 1. The molecule has 9 heteroatoms. The van der Waals surface area contributed by atoms with E-state index < -0.39 is 12.0 Å². The summed E-state index contributed by atoms with van der Waals surface area (Å²) in [5.41, 5.74) is 1.74. The fraction of sp³-hybridized carbons (Fsp3) is 0.269. The van der Waals surface area contributed by atoms with Crippen LogP contribution in [0.25, 0.3) is 6.08 Å². The summed E-state index contributed by atoms with van der Waals surface area (Å²) in [6.07, 6.45) is 1.38. The Morgan fingerprint density at radius 3 is 2.49 bits per heavy atom. The highest BCUT2D eigenvalue weighted by molar-refractivity contribution is 7.07. The van der Waals surface area contributed by atoms with Crippen LogP contribution in [0.15, 0.2) is 63.5 Å². The van der Waals surface area contributed by atoms with Crippen LogP contribution in [0.3, 0.4) is 0 Å². The summed E-state index contributed by atoms with van der Waals surface area (Å²) in [6, 6.07) is 10.9. The number of methoxy groups -OCH3 is 2. The van der Waals surface area contributed by atoms with Gasteiger partial charge in [-0.25, -0.2) is 9.79 Å². The van der Waals surface area contributed by atoms with E-state index in [2.05, 4.69) is 4.99 Å². The van der Waals surface area contributed by atoms with Crippen molar-refractivity contribution in [1.29, 1.82) is 0 Å². The monoisotopic (exact) mass is 494 g/mol. The van der Waals surface area contributed by atoms with Gasteiger partial charge in [0.2, 0.25) is 0 Å². The number of benzene rings is 2. The van der Waals surface area contributed by atoms with Crippen molar-refractivity contribution in [1.82, 2.24) is 4.57 Å². The molecule has 2 aromatic carbocycles. The minimum Gasteiger partial charge on any atom is -0.508 e. The fourth-order valence-electron chi connectivity index (χ4n) is 3.93. The SMILES string of the molecule is COc1ccc(OC)c([C@H]2C(C(=O)OC(C)C)=C(C)N=c3sc(=Cc4ccc(O)cc4)c(=O)n32)c1. The van der Waals surface area contributed by atoms with E-state index >= 15 is 0 Å². The number of allylic oxidation sites excluding steroid dienone is 1. The molecule has 1 aliphatic heterocycles. The van der Waals surface area contributed by atoms with Crippen LogP contribution < -0.4 is 24.4 Å². The maximum atomic E-state index is 13.7. The van der Waals surface area contributed by atoms with Crippen molar-refractivity contribution in [3.8, 4) is 17.2 Å². The Morgan fingerprint density at radius 1 is 1.14 bits per heavy atom. The molecule has 0 saturated carbocycles. The Kier molecular flexibility index (Phi) is 6.79. The number of nitrogens with zero attached hydrogens (tertiary/aromatic N) is 2. The lowest BCUT2D eigenvalue weighted by Gasteiger charge is -2.26. The van der Waals surface area contributed by atoms with Crippen LogP contribution in [0.5, 0.6) is 17.2 Å². The van der Waals surface area contributed by atoms with Crippen LogP contribution in [0.4, 0.5) is 0 Å². The quantitative estimate of drug-likeness (QED) is 0.529. The molecule has 0 radical (unpaired) electrons. The first kappa shape index (κ1) is 24.3. The highest BCUT2D eigenvalue weighted by atomic mass is 32.1. The molecule has 0 spiro atoms. The van der Waals surface area contributed by atoms with E-state index in [1.807, 2.05) is 0 Å². The molecule has 1 atom stereocenters. The number of hydrogen-bond acceptors (Lipinski definition) is 8. The molecule has 8 nitrogen and oxygen atoms in total. The van der Waals surface area contributed by atoms with Crippen LogP contribution in [-0.4, -0.2) is 36.0 Å². The molecule has 0 aliphatic carbocycles. The molecular weight excluding hydrogens is 468 g/mol. The van der Waals surface area contributed by atoms with Crippen molar-refractivity contribution in [2.75, 3.05) is 14.2 Å². The molecule has 0 fully saturated rings. The third-order valence-corrected chi connectivity index (χ3v) is 6.49. The summed E-state index contributed by atoms with van der Waals surface area (Å²) in [7, 11) is 3.08. The Bertz CT molecular complexity index is 1480. The van der Waals surface area contributed by atoms with Gasteiger partial charge in [-0.3, -0.25) is 9.36 Å². The third kappa shape index (κ3) is 4.72. The topological polar surface area (TPSA) is 99.4 Å². The number of hydrogen-bond donors (Lipinski definition) is 1. The number of aromatic hydroxyl groups is 1. The molecule has 35 heavy (non-hydrogen) atoms. The molecule has 0 unspecified atom stereocenters. The average Bonchev–Trinajstić information content (AvgIpc) is 3.13. The van der Waals surface area contributed by atoms with Gasteiger partial charge >= 0.3 is 5.97 Å². The first-order valence-corrected chi connectivity index (χ1v) is 11.8. The number of fused-ring (bicyclic) bond motifs is 1. The lowest BCUT2D eigenvalue weighted by atomic mass is 9.94. The van der Waals surface area contributed by atoms with E-state index in [0.717, 1.165) is 5.56 Å². The van der Waals surface area contributed by atoms with Gasteiger partial charge in [-0.2, -0.15) is 0 Å². The largest absolute Gasteiger partial charge is 0.508 e. The molecule has 1 N–H and O–H groups in total. The zero-order valence-electron chi connectivity index (χ0n) is 20.1. The molecule has 182 valence electrons. The number of phenolic OH excluding ortho intramolecular Hbond substituents is 1. The van der Waals surface area contributed by atoms with Crippen molar-refractivity contribution in [2.24, 2.45) is 4.99 Å². The standard InChI is InChI=1S/C26H26N2O6S/c1-14(2)34-25(31)22-15(3)27-26-28(23(22)19-13-18(32-4)10-11-20(19)33-5)24(30)21(35-26)12-16-6-8-17(29)9-7-16/h6-14,23,29H,1-5H3/t23-/m0/s1. The molecule has 1 aliphatic rings. The van der Waals surface area contributed by atoms with Gasteiger partial charge in [0, 0.05) is 5.56 Å². The first-order valence-electron chi connectivity index (χ1n) is 11.0. The molecule has 0 bridgehead atoms. The van der Waals surface area contributed by atoms with Gasteiger partial charge in [0.1, 0.15) is 23.3 Å². The van der Waals surface area contributed by atoms with Gasteiger partial charge in [0.25, 0.3) is 5.56 Å². The predicted octanol–water partition coefficient (Wildman–Crippen LogP) is 2.91. The van der Waals surface area contributed by atoms with Crippen LogP contribution in [-0.2, 0) is 9.53 Å². The number of phenols is 1. The first-order chi connectivity index (χ1) is 16.7. The normalized spacial score (nSPS) is 15.6. The molecule has 2 heterocycles. The Labute approximate surface area is 206 Å². The fourth-order valence-corrected chi connectivity index (χ4v) is 4.98. The van der Waals surface area contributed by atoms with Gasteiger partial charge in [-0.05, 0) is 62.7 Å². The number of carbonyl (C=O) groups is 1. The minimum atomic E-state index is -0.829. The summed E-state index contributed by atoms with van der Waals surface area (Å²) >= 11 is 1.22. The maximum absolute atomic E-state index is 13.7. The van der Waals surface area contributed by atoms with E-state index in [9.17, 15) is 14.7 Å². The minimum absolute atomic E-state index is 0.137. The van der Waals surface area contributed by atoms with Crippen molar-refractivity contribution in [3.05, 3.63) is 84.5 Å². The Balaban J connectivity index is 2.00. The molecule has 1 aromatic heterocycles. The van der Waals surface area contributed by atoms with Crippen molar-refractivity contribution in [3.63, 3.8) is 0 Å². The molecule has 0 amide bonds. The number of carbonyl (C=O) groups excluding carboxylic acids is 1. The molecule has 0 saturated heterocycles. The van der Waals surface area contributed by atoms with Crippen LogP contribution in [0, 0.1) is 0 Å².